The number of fused-ring (bicyclic) bond motifs is 3. The van der Waals surface area contributed by atoms with Gasteiger partial charge in [0.15, 0.2) is 17.6 Å². The van der Waals surface area contributed by atoms with Crippen molar-refractivity contribution in [2.45, 2.75) is 51.9 Å². The molecular weight excluding hydrogens is 378 g/mol. The van der Waals surface area contributed by atoms with Gasteiger partial charge in [-0.3, -0.25) is 14.4 Å². The molecule has 0 aromatic heterocycles. The number of hydrogen-bond donors (Lipinski definition) is 0. The standard InChI is InChI=1S/C21H27NO7/c1-11(2)21-15-10-17(27-6)16(26-5)9-14(15)7-8-22(21)20(25)18(28-12(3)23)19(21)29-13(4)24/h9-11,18-19H,7-8H2,1-6H3/t18-,19-,21+/m1/s1. The highest BCUT2D eigenvalue weighted by atomic mass is 16.6. The Labute approximate surface area is 170 Å². The van der Waals surface area contributed by atoms with Crippen molar-refractivity contribution in [2.75, 3.05) is 20.8 Å². The fraction of sp³-hybridized carbons (Fsp3) is 0.571. The highest BCUT2D eigenvalue weighted by Gasteiger charge is 2.66. The lowest BCUT2D eigenvalue weighted by atomic mass is 9.71. The van der Waals surface area contributed by atoms with Crippen LogP contribution < -0.4 is 9.47 Å². The Hall–Kier alpha value is -2.77. The number of amides is 1. The molecular formula is C21H27NO7. The molecule has 0 bridgehead atoms. The molecule has 1 aromatic rings. The van der Waals surface area contributed by atoms with E-state index in [2.05, 4.69) is 0 Å². The number of ether oxygens (including phenoxy) is 4. The van der Waals surface area contributed by atoms with Gasteiger partial charge in [0.25, 0.3) is 5.91 Å². The van der Waals surface area contributed by atoms with Crippen molar-refractivity contribution >= 4 is 17.8 Å². The van der Waals surface area contributed by atoms with Crippen LogP contribution in [0.1, 0.15) is 38.8 Å². The van der Waals surface area contributed by atoms with Crippen LogP contribution in [0.15, 0.2) is 12.1 Å². The number of carbonyl (C=O) groups is 3. The monoisotopic (exact) mass is 405 g/mol. The third-order valence-electron chi connectivity index (χ3n) is 5.78. The maximum absolute atomic E-state index is 13.3. The lowest BCUT2D eigenvalue weighted by Gasteiger charge is -2.48. The number of benzene rings is 1. The van der Waals surface area contributed by atoms with Crippen LogP contribution in [0, 0.1) is 5.92 Å². The maximum Gasteiger partial charge on any atom is 0.303 e. The molecule has 0 N–H and O–H groups in total. The van der Waals surface area contributed by atoms with Gasteiger partial charge in [-0.25, -0.2) is 0 Å². The van der Waals surface area contributed by atoms with Crippen LogP contribution in [0.3, 0.4) is 0 Å². The Morgan fingerprint density at radius 1 is 1.07 bits per heavy atom. The Bertz CT molecular complexity index is 850. The van der Waals surface area contributed by atoms with E-state index >= 15 is 0 Å². The van der Waals surface area contributed by atoms with Crippen LogP contribution in [0.25, 0.3) is 0 Å². The highest BCUT2D eigenvalue weighted by Crippen LogP contribution is 2.53. The molecule has 2 heterocycles. The van der Waals surface area contributed by atoms with E-state index in [0.717, 1.165) is 11.1 Å². The van der Waals surface area contributed by atoms with Gasteiger partial charge in [0.1, 0.15) is 5.54 Å². The van der Waals surface area contributed by atoms with Crippen molar-refractivity contribution in [1.29, 1.82) is 0 Å². The number of rotatable bonds is 5. The summed E-state index contributed by atoms with van der Waals surface area (Å²) in [4.78, 5) is 38.6. The lowest BCUT2D eigenvalue weighted by molar-refractivity contribution is -0.170. The molecule has 8 nitrogen and oxygen atoms in total. The predicted molar refractivity (Wildman–Crippen MR) is 103 cm³/mol. The lowest BCUT2D eigenvalue weighted by Crippen LogP contribution is -2.57. The molecule has 158 valence electrons. The van der Waals surface area contributed by atoms with Crippen molar-refractivity contribution in [3.05, 3.63) is 23.3 Å². The average molecular weight is 405 g/mol. The normalized spacial score (nSPS) is 25.3. The van der Waals surface area contributed by atoms with Gasteiger partial charge in [-0.05, 0) is 35.6 Å². The molecule has 2 aliphatic rings. The first-order valence-corrected chi connectivity index (χ1v) is 9.59. The topological polar surface area (TPSA) is 91.4 Å². The van der Waals surface area contributed by atoms with E-state index in [1.807, 2.05) is 26.0 Å². The zero-order valence-electron chi connectivity index (χ0n) is 17.6. The minimum absolute atomic E-state index is 0.145. The van der Waals surface area contributed by atoms with E-state index < -0.39 is 29.7 Å². The maximum atomic E-state index is 13.3. The first kappa shape index (κ1) is 21.0. The number of hydrogen-bond acceptors (Lipinski definition) is 7. The summed E-state index contributed by atoms with van der Waals surface area (Å²) in [6.07, 6.45) is -1.58. The first-order chi connectivity index (χ1) is 13.7. The van der Waals surface area contributed by atoms with Crippen LogP contribution in [0.2, 0.25) is 0 Å². The second kappa shape index (κ2) is 7.57. The van der Waals surface area contributed by atoms with Crippen molar-refractivity contribution in [3.8, 4) is 11.5 Å². The molecule has 8 heteroatoms. The Morgan fingerprint density at radius 3 is 2.17 bits per heavy atom. The van der Waals surface area contributed by atoms with E-state index in [9.17, 15) is 14.4 Å². The number of methoxy groups -OCH3 is 2. The van der Waals surface area contributed by atoms with E-state index in [4.69, 9.17) is 18.9 Å². The fourth-order valence-electron chi connectivity index (χ4n) is 4.75. The Kier molecular flexibility index (Phi) is 5.47. The van der Waals surface area contributed by atoms with Gasteiger partial charge in [0.05, 0.1) is 14.2 Å². The average Bonchev–Trinajstić information content (AvgIpc) is 2.89. The van der Waals surface area contributed by atoms with Crippen LogP contribution >= 0.6 is 0 Å². The zero-order chi connectivity index (χ0) is 21.5. The SMILES string of the molecule is COc1cc2c(cc1OC)[C@@]1(C(C)C)[C@H](OC(C)=O)[C@@H](OC(C)=O)C(=O)N1CC2. The molecule has 29 heavy (non-hydrogen) atoms. The van der Waals surface area contributed by atoms with E-state index in [1.165, 1.54) is 21.0 Å². The summed E-state index contributed by atoms with van der Waals surface area (Å²) >= 11 is 0. The third kappa shape index (κ3) is 3.10. The second-order valence-electron chi connectivity index (χ2n) is 7.64. The highest BCUT2D eigenvalue weighted by molar-refractivity contribution is 5.89. The van der Waals surface area contributed by atoms with Gasteiger partial charge in [0, 0.05) is 20.4 Å². The summed E-state index contributed by atoms with van der Waals surface area (Å²) in [7, 11) is 3.10. The summed E-state index contributed by atoms with van der Waals surface area (Å²) in [6, 6.07) is 3.73. The molecule has 1 fully saturated rings. The minimum Gasteiger partial charge on any atom is -0.493 e. The smallest absolute Gasteiger partial charge is 0.303 e. The molecule has 0 spiro atoms. The van der Waals surface area contributed by atoms with Crippen molar-refractivity contribution in [2.24, 2.45) is 5.92 Å². The summed E-state index contributed by atoms with van der Waals surface area (Å²) in [6.45, 7) is 6.84. The van der Waals surface area contributed by atoms with Gasteiger partial charge in [0.2, 0.25) is 6.10 Å². The van der Waals surface area contributed by atoms with E-state index in [1.54, 1.807) is 12.0 Å². The largest absolute Gasteiger partial charge is 0.493 e. The fourth-order valence-corrected chi connectivity index (χ4v) is 4.75. The summed E-state index contributed by atoms with van der Waals surface area (Å²) in [5.41, 5.74) is 0.794. The molecule has 1 saturated heterocycles. The molecule has 1 amide bonds. The van der Waals surface area contributed by atoms with Gasteiger partial charge in [-0.15, -0.1) is 0 Å². The summed E-state index contributed by atoms with van der Waals surface area (Å²) in [5, 5.41) is 0. The van der Waals surface area contributed by atoms with Crippen LogP contribution in [-0.2, 0) is 35.8 Å². The van der Waals surface area contributed by atoms with Crippen LogP contribution in [-0.4, -0.2) is 55.7 Å². The second-order valence-corrected chi connectivity index (χ2v) is 7.64. The molecule has 3 atom stereocenters. The molecule has 0 saturated carbocycles. The van der Waals surface area contributed by atoms with Gasteiger partial charge in [-0.1, -0.05) is 13.8 Å². The molecule has 0 aliphatic carbocycles. The minimum atomic E-state index is -1.20. The zero-order valence-corrected chi connectivity index (χ0v) is 17.6. The third-order valence-corrected chi connectivity index (χ3v) is 5.78. The van der Waals surface area contributed by atoms with E-state index in [0.29, 0.717) is 24.5 Å². The summed E-state index contributed by atoms with van der Waals surface area (Å²) in [5.74, 6) is -0.558. The first-order valence-electron chi connectivity index (χ1n) is 9.59. The van der Waals surface area contributed by atoms with Crippen molar-refractivity contribution in [1.82, 2.24) is 4.90 Å². The van der Waals surface area contributed by atoms with E-state index in [-0.39, 0.29) is 11.8 Å². The number of esters is 2. The molecule has 3 rings (SSSR count). The van der Waals surface area contributed by atoms with Crippen molar-refractivity contribution < 1.29 is 33.3 Å². The molecule has 0 unspecified atom stereocenters. The van der Waals surface area contributed by atoms with Gasteiger partial charge in [-0.2, -0.15) is 0 Å². The number of nitrogens with zero attached hydrogens (tertiary/aromatic N) is 1. The van der Waals surface area contributed by atoms with Crippen LogP contribution in [0.4, 0.5) is 0 Å². The number of carbonyl (C=O) groups excluding carboxylic acids is 3. The van der Waals surface area contributed by atoms with Crippen molar-refractivity contribution in [3.63, 3.8) is 0 Å². The Balaban J connectivity index is 2.29. The van der Waals surface area contributed by atoms with Crippen LogP contribution in [0.5, 0.6) is 11.5 Å². The van der Waals surface area contributed by atoms with Gasteiger partial charge < -0.3 is 23.8 Å². The van der Waals surface area contributed by atoms with Gasteiger partial charge >= 0.3 is 11.9 Å². The summed E-state index contributed by atoms with van der Waals surface area (Å²) < 4.78 is 21.9. The molecule has 0 radical (unpaired) electrons. The predicted octanol–water partition coefficient (Wildman–Crippen LogP) is 1.82. The molecule has 2 aliphatic heterocycles. The quantitative estimate of drug-likeness (QED) is 0.690. The Morgan fingerprint density at radius 2 is 1.66 bits per heavy atom. The molecule has 1 aromatic carbocycles.